The molecule has 1 aromatic heterocycles. The van der Waals surface area contributed by atoms with E-state index in [2.05, 4.69) is 10.2 Å². The van der Waals surface area contributed by atoms with Crippen LogP contribution < -0.4 is 5.73 Å². The number of anilines is 1. The number of non-ortho nitro benzene ring substituents is 1. The van der Waals surface area contributed by atoms with Crippen molar-refractivity contribution in [2.75, 3.05) is 5.73 Å². The smallest absolute Gasteiger partial charge is 0.269 e. The Labute approximate surface area is 98.7 Å². The van der Waals surface area contributed by atoms with Gasteiger partial charge < -0.3 is 5.73 Å². The van der Waals surface area contributed by atoms with Crippen LogP contribution in [0.3, 0.4) is 0 Å². The summed E-state index contributed by atoms with van der Waals surface area (Å²) < 4.78 is 0.714. The number of benzene rings is 1. The number of nitro groups is 1. The van der Waals surface area contributed by atoms with Crippen molar-refractivity contribution in [1.82, 2.24) is 10.2 Å². The molecule has 0 saturated carbocycles. The van der Waals surface area contributed by atoms with E-state index in [4.69, 9.17) is 5.73 Å². The second-order valence-corrected chi connectivity index (χ2v) is 5.09. The van der Waals surface area contributed by atoms with Crippen molar-refractivity contribution in [2.24, 2.45) is 0 Å². The maximum absolute atomic E-state index is 10.4. The SMILES string of the molecule is Nc1nnc(Sc2ccc([N+](=O)[O-])cc2)s1. The predicted molar refractivity (Wildman–Crippen MR) is 61.5 cm³/mol. The van der Waals surface area contributed by atoms with Crippen molar-refractivity contribution in [3.63, 3.8) is 0 Å². The minimum absolute atomic E-state index is 0.0705. The third kappa shape index (κ3) is 2.47. The summed E-state index contributed by atoms with van der Waals surface area (Å²) in [6.07, 6.45) is 0. The second-order valence-electron chi connectivity index (χ2n) is 2.76. The fourth-order valence-electron chi connectivity index (χ4n) is 0.998. The summed E-state index contributed by atoms with van der Waals surface area (Å²) in [6, 6.07) is 6.24. The molecule has 82 valence electrons. The van der Waals surface area contributed by atoms with E-state index in [-0.39, 0.29) is 5.69 Å². The van der Waals surface area contributed by atoms with Crippen molar-refractivity contribution in [1.29, 1.82) is 0 Å². The van der Waals surface area contributed by atoms with Gasteiger partial charge in [-0.3, -0.25) is 10.1 Å². The van der Waals surface area contributed by atoms with E-state index >= 15 is 0 Å². The summed E-state index contributed by atoms with van der Waals surface area (Å²) in [7, 11) is 0. The maximum Gasteiger partial charge on any atom is 0.269 e. The van der Waals surface area contributed by atoms with E-state index in [1.54, 1.807) is 12.1 Å². The zero-order valence-corrected chi connectivity index (χ0v) is 9.49. The molecule has 0 saturated heterocycles. The fraction of sp³-hybridized carbons (Fsp3) is 0. The molecule has 6 nitrogen and oxygen atoms in total. The predicted octanol–water partition coefficient (Wildman–Crippen LogP) is 2.18. The first-order chi connectivity index (χ1) is 7.65. The van der Waals surface area contributed by atoms with Crippen LogP contribution in [-0.4, -0.2) is 15.1 Å². The van der Waals surface area contributed by atoms with Crippen molar-refractivity contribution >= 4 is 33.9 Å². The molecule has 0 aliphatic heterocycles. The van der Waals surface area contributed by atoms with Crippen molar-refractivity contribution < 1.29 is 4.92 Å². The Morgan fingerprint density at radius 3 is 2.50 bits per heavy atom. The molecular formula is C8H6N4O2S2. The molecule has 0 unspecified atom stereocenters. The number of hydrogen-bond donors (Lipinski definition) is 1. The highest BCUT2D eigenvalue weighted by atomic mass is 32.2. The highest BCUT2D eigenvalue weighted by Gasteiger charge is 2.07. The lowest BCUT2D eigenvalue weighted by Crippen LogP contribution is -1.86. The largest absolute Gasteiger partial charge is 0.374 e. The standard InChI is InChI=1S/C8H6N4O2S2/c9-7-10-11-8(16-7)15-6-3-1-5(2-4-6)12(13)14/h1-4H,(H2,9,10). The number of nitrogens with two attached hydrogens (primary N) is 1. The Balaban J connectivity index is 2.14. The maximum atomic E-state index is 10.4. The molecule has 16 heavy (non-hydrogen) atoms. The van der Waals surface area contributed by atoms with Gasteiger partial charge in [-0.2, -0.15) is 0 Å². The molecule has 1 heterocycles. The zero-order chi connectivity index (χ0) is 11.5. The van der Waals surface area contributed by atoms with Gasteiger partial charge in [-0.25, -0.2) is 0 Å². The molecule has 0 spiro atoms. The lowest BCUT2D eigenvalue weighted by molar-refractivity contribution is -0.384. The number of nitro benzene ring substituents is 1. The van der Waals surface area contributed by atoms with E-state index < -0.39 is 4.92 Å². The van der Waals surface area contributed by atoms with Crippen molar-refractivity contribution in [3.05, 3.63) is 34.4 Å². The summed E-state index contributed by atoms with van der Waals surface area (Å²) in [5.74, 6) is 0. The van der Waals surface area contributed by atoms with Gasteiger partial charge in [0.25, 0.3) is 5.69 Å². The monoisotopic (exact) mass is 254 g/mol. The Bertz CT molecular complexity index is 511. The normalized spacial score (nSPS) is 10.2. The Morgan fingerprint density at radius 1 is 1.31 bits per heavy atom. The number of aromatic nitrogens is 2. The van der Waals surface area contributed by atoms with Crippen LogP contribution in [-0.2, 0) is 0 Å². The van der Waals surface area contributed by atoms with Gasteiger partial charge >= 0.3 is 0 Å². The molecule has 0 radical (unpaired) electrons. The molecule has 2 aromatic rings. The van der Waals surface area contributed by atoms with E-state index in [9.17, 15) is 10.1 Å². The van der Waals surface area contributed by atoms with Gasteiger partial charge in [0.1, 0.15) is 0 Å². The van der Waals surface area contributed by atoms with Crippen LogP contribution in [0.4, 0.5) is 10.8 Å². The lowest BCUT2D eigenvalue weighted by Gasteiger charge is -1.95. The van der Waals surface area contributed by atoms with Crippen LogP contribution in [0.1, 0.15) is 0 Å². The van der Waals surface area contributed by atoms with Crippen LogP contribution in [0.2, 0.25) is 0 Å². The van der Waals surface area contributed by atoms with Crippen molar-refractivity contribution in [2.45, 2.75) is 9.24 Å². The molecule has 0 aliphatic carbocycles. The molecule has 2 N–H and O–H groups in total. The Morgan fingerprint density at radius 2 is 2.00 bits per heavy atom. The Hall–Kier alpha value is -1.67. The van der Waals surface area contributed by atoms with E-state index in [1.807, 2.05) is 0 Å². The molecule has 0 amide bonds. The highest BCUT2D eigenvalue weighted by molar-refractivity contribution is 8.01. The molecule has 0 bridgehead atoms. The molecule has 0 atom stereocenters. The van der Waals surface area contributed by atoms with Gasteiger partial charge in [0.15, 0.2) is 4.34 Å². The minimum atomic E-state index is -0.433. The minimum Gasteiger partial charge on any atom is -0.374 e. The zero-order valence-electron chi connectivity index (χ0n) is 7.86. The average Bonchev–Trinajstić information content (AvgIpc) is 2.65. The van der Waals surface area contributed by atoms with E-state index in [1.165, 1.54) is 35.2 Å². The number of rotatable bonds is 3. The van der Waals surface area contributed by atoms with Crippen LogP contribution in [0.15, 0.2) is 33.5 Å². The third-order valence-electron chi connectivity index (χ3n) is 1.67. The first kappa shape index (κ1) is 10.8. The summed E-state index contributed by atoms with van der Waals surface area (Å²) in [6.45, 7) is 0. The van der Waals surface area contributed by atoms with Gasteiger partial charge in [0.05, 0.1) is 4.92 Å². The molecule has 2 rings (SSSR count). The topological polar surface area (TPSA) is 94.9 Å². The summed E-state index contributed by atoms with van der Waals surface area (Å²) >= 11 is 2.65. The first-order valence-corrected chi connectivity index (χ1v) is 5.80. The Kier molecular flexibility index (Phi) is 3.02. The number of hydrogen-bond acceptors (Lipinski definition) is 7. The van der Waals surface area contributed by atoms with Crippen LogP contribution in [0.25, 0.3) is 0 Å². The second kappa shape index (κ2) is 4.45. The summed E-state index contributed by atoms with van der Waals surface area (Å²) in [4.78, 5) is 10.9. The molecular weight excluding hydrogens is 248 g/mol. The van der Waals surface area contributed by atoms with Gasteiger partial charge in [0.2, 0.25) is 5.13 Å². The van der Waals surface area contributed by atoms with Gasteiger partial charge in [0, 0.05) is 17.0 Å². The summed E-state index contributed by atoms with van der Waals surface area (Å²) in [5, 5.41) is 18.4. The van der Waals surface area contributed by atoms with Crippen LogP contribution in [0, 0.1) is 10.1 Å². The van der Waals surface area contributed by atoms with Crippen LogP contribution >= 0.6 is 23.1 Å². The number of nitrogen functional groups attached to an aromatic ring is 1. The lowest BCUT2D eigenvalue weighted by atomic mass is 10.3. The molecule has 0 aliphatic rings. The average molecular weight is 254 g/mol. The third-order valence-corrected chi connectivity index (χ3v) is 3.49. The van der Waals surface area contributed by atoms with Gasteiger partial charge in [-0.15, -0.1) is 10.2 Å². The first-order valence-electron chi connectivity index (χ1n) is 4.16. The van der Waals surface area contributed by atoms with E-state index in [0.717, 1.165) is 4.90 Å². The molecule has 1 aromatic carbocycles. The fourth-order valence-corrected chi connectivity index (χ4v) is 2.61. The molecule has 0 fully saturated rings. The summed E-state index contributed by atoms with van der Waals surface area (Å²) in [5.41, 5.74) is 5.51. The van der Waals surface area contributed by atoms with Gasteiger partial charge in [-0.1, -0.05) is 23.1 Å². The van der Waals surface area contributed by atoms with Gasteiger partial charge in [-0.05, 0) is 12.1 Å². The quantitative estimate of drug-likeness (QED) is 0.666. The van der Waals surface area contributed by atoms with E-state index in [0.29, 0.717) is 9.47 Å². The van der Waals surface area contributed by atoms with Crippen molar-refractivity contribution in [3.8, 4) is 0 Å². The molecule has 8 heteroatoms. The highest BCUT2D eigenvalue weighted by Crippen LogP contribution is 2.31. The number of nitrogens with zero attached hydrogens (tertiary/aromatic N) is 3. The van der Waals surface area contributed by atoms with Crippen LogP contribution in [0.5, 0.6) is 0 Å².